The van der Waals surface area contributed by atoms with Crippen LogP contribution in [0.4, 0.5) is 0 Å². The van der Waals surface area contributed by atoms with E-state index in [9.17, 15) is 0 Å². The molecule has 3 nitrogen and oxygen atoms in total. The molecule has 0 radical (unpaired) electrons. The van der Waals surface area contributed by atoms with Gasteiger partial charge in [-0.1, -0.05) is 17.7 Å². The van der Waals surface area contributed by atoms with Gasteiger partial charge in [-0.3, -0.25) is 0 Å². The van der Waals surface area contributed by atoms with Gasteiger partial charge in [-0.05, 0) is 44.0 Å². The molecule has 1 aliphatic rings. The Kier molecular flexibility index (Phi) is 6.61. The molecule has 1 N–H and O–H groups in total. The van der Waals surface area contributed by atoms with E-state index in [2.05, 4.69) is 5.32 Å². The molecule has 1 heterocycles. The van der Waals surface area contributed by atoms with Crippen molar-refractivity contribution in [2.75, 3.05) is 26.8 Å². The highest BCUT2D eigenvalue weighted by molar-refractivity contribution is 6.32. The van der Waals surface area contributed by atoms with Crippen LogP contribution in [0.15, 0.2) is 18.2 Å². The van der Waals surface area contributed by atoms with Crippen LogP contribution in [0, 0.1) is 5.92 Å². The van der Waals surface area contributed by atoms with E-state index in [1.807, 2.05) is 18.2 Å². The van der Waals surface area contributed by atoms with Crippen molar-refractivity contribution in [3.8, 4) is 11.5 Å². The van der Waals surface area contributed by atoms with Crippen molar-refractivity contribution >= 4 is 24.0 Å². The Hall–Kier alpha value is -0.640. The molecule has 0 unspecified atom stereocenters. The standard InChI is InChI=1S/C13H18ClNO2.ClH/c1-16-12-4-2-3-11(14)13(12)17-9-10-5-7-15-8-6-10;/h2-4,10,15H,5-9H2,1H3;1H. The zero-order valence-corrected chi connectivity index (χ0v) is 12.0. The number of piperidine rings is 1. The number of nitrogens with one attached hydrogen (secondary N) is 1. The summed E-state index contributed by atoms with van der Waals surface area (Å²) in [4.78, 5) is 0. The second-order valence-corrected chi connectivity index (χ2v) is 4.68. The van der Waals surface area contributed by atoms with E-state index < -0.39 is 0 Å². The number of rotatable bonds is 4. The van der Waals surface area contributed by atoms with Gasteiger partial charge in [-0.25, -0.2) is 0 Å². The Balaban J connectivity index is 0.00000162. The third-order valence-corrected chi connectivity index (χ3v) is 3.37. The summed E-state index contributed by atoms with van der Waals surface area (Å²) >= 11 is 6.11. The molecule has 0 bridgehead atoms. The summed E-state index contributed by atoms with van der Waals surface area (Å²) in [7, 11) is 1.63. The molecule has 102 valence electrons. The summed E-state index contributed by atoms with van der Waals surface area (Å²) in [5.74, 6) is 1.97. The van der Waals surface area contributed by atoms with Crippen LogP contribution in [0.1, 0.15) is 12.8 Å². The highest BCUT2D eigenvalue weighted by atomic mass is 35.5. The van der Waals surface area contributed by atoms with Crippen LogP contribution in [-0.2, 0) is 0 Å². The van der Waals surface area contributed by atoms with Gasteiger partial charge in [-0.15, -0.1) is 12.4 Å². The van der Waals surface area contributed by atoms with Gasteiger partial charge in [0.15, 0.2) is 11.5 Å². The molecule has 0 aromatic heterocycles. The molecule has 1 aromatic carbocycles. The fourth-order valence-corrected chi connectivity index (χ4v) is 2.26. The van der Waals surface area contributed by atoms with Crippen molar-refractivity contribution in [1.29, 1.82) is 0 Å². The van der Waals surface area contributed by atoms with Crippen molar-refractivity contribution in [3.05, 3.63) is 23.2 Å². The molecule has 0 amide bonds. The first-order chi connectivity index (χ1) is 8.31. The number of methoxy groups -OCH3 is 1. The molecule has 1 saturated heterocycles. The van der Waals surface area contributed by atoms with Crippen molar-refractivity contribution in [3.63, 3.8) is 0 Å². The second kappa shape index (κ2) is 7.72. The molecule has 18 heavy (non-hydrogen) atoms. The lowest BCUT2D eigenvalue weighted by Crippen LogP contribution is -2.30. The summed E-state index contributed by atoms with van der Waals surface area (Å²) in [6.07, 6.45) is 2.32. The first kappa shape index (κ1) is 15.4. The molecule has 0 aliphatic carbocycles. The van der Waals surface area contributed by atoms with Gasteiger partial charge in [0.25, 0.3) is 0 Å². The van der Waals surface area contributed by atoms with Crippen molar-refractivity contribution in [2.24, 2.45) is 5.92 Å². The monoisotopic (exact) mass is 291 g/mol. The summed E-state index contributed by atoms with van der Waals surface area (Å²) in [5, 5.41) is 3.95. The first-order valence-electron chi connectivity index (χ1n) is 5.97. The Morgan fingerprint density at radius 2 is 2.06 bits per heavy atom. The van der Waals surface area contributed by atoms with Crippen LogP contribution in [0.3, 0.4) is 0 Å². The highest BCUT2D eigenvalue weighted by Gasteiger charge is 2.16. The van der Waals surface area contributed by atoms with Crippen molar-refractivity contribution < 1.29 is 9.47 Å². The van der Waals surface area contributed by atoms with Gasteiger partial charge in [0.2, 0.25) is 0 Å². The Labute approximate surface area is 119 Å². The van der Waals surface area contributed by atoms with Crippen LogP contribution >= 0.6 is 24.0 Å². The molecule has 0 atom stereocenters. The topological polar surface area (TPSA) is 30.5 Å². The second-order valence-electron chi connectivity index (χ2n) is 4.28. The minimum absolute atomic E-state index is 0. The molecule has 0 saturated carbocycles. The Morgan fingerprint density at radius 3 is 2.72 bits per heavy atom. The Morgan fingerprint density at radius 1 is 1.33 bits per heavy atom. The number of hydrogen-bond donors (Lipinski definition) is 1. The minimum atomic E-state index is 0. The highest BCUT2D eigenvalue weighted by Crippen LogP contribution is 2.35. The third kappa shape index (κ3) is 3.94. The van der Waals surface area contributed by atoms with Crippen molar-refractivity contribution in [2.45, 2.75) is 12.8 Å². The number of ether oxygens (including phenoxy) is 2. The molecule has 1 aromatic rings. The lowest BCUT2D eigenvalue weighted by molar-refractivity contribution is 0.208. The first-order valence-corrected chi connectivity index (χ1v) is 6.35. The molecule has 1 fully saturated rings. The van der Waals surface area contributed by atoms with Crippen LogP contribution < -0.4 is 14.8 Å². The van der Waals surface area contributed by atoms with Crippen LogP contribution in [-0.4, -0.2) is 26.8 Å². The normalized spacial score (nSPS) is 15.9. The lowest BCUT2D eigenvalue weighted by Gasteiger charge is -2.23. The van der Waals surface area contributed by atoms with Gasteiger partial charge < -0.3 is 14.8 Å². The van der Waals surface area contributed by atoms with Crippen LogP contribution in [0.5, 0.6) is 11.5 Å². The minimum Gasteiger partial charge on any atom is -0.493 e. The lowest BCUT2D eigenvalue weighted by atomic mass is 9.99. The molecule has 2 rings (SSSR count). The predicted molar refractivity (Wildman–Crippen MR) is 76.3 cm³/mol. The summed E-state index contributed by atoms with van der Waals surface area (Å²) in [6.45, 7) is 2.86. The smallest absolute Gasteiger partial charge is 0.179 e. The van der Waals surface area contributed by atoms with Crippen LogP contribution in [0.25, 0.3) is 0 Å². The van der Waals surface area contributed by atoms with E-state index in [0.29, 0.717) is 29.0 Å². The van der Waals surface area contributed by atoms with E-state index >= 15 is 0 Å². The predicted octanol–water partition coefficient (Wildman–Crippen LogP) is 3.15. The third-order valence-electron chi connectivity index (χ3n) is 3.07. The van der Waals surface area contributed by atoms with Gasteiger partial charge in [0, 0.05) is 0 Å². The average molecular weight is 292 g/mol. The van der Waals surface area contributed by atoms with E-state index in [0.717, 1.165) is 25.9 Å². The van der Waals surface area contributed by atoms with Gasteiger partial charge in [0.1, 0.15) is 0 Å². The van der Waals surface area contributed by atoms with Gasteiger partial charge >= 0.3 is 0 Å². The SMILES string of the molecule is COc1cccc(Cl)c1OCC1CCNCC1.Cl. The van der Waals surface area contributed by atoms with Gasteiger partial charge in [0.05, 0.1) is 18.7 Å². The molecule has 1 aliphatic heterocycles. The largest absolute Gasteiger partial charge is 0.493 e. The number of hydrogen-bond acceptors (Lipinski definition) is 3. The van der Waals surface area contributed by atoms with E-state index in [1.165, 1.54) is 0 Å². The van der Waals surface area contributed by atoms with Gasteiger partial charge in [-0.2, -0.15) is 0 Å². The maximum Gasteiger partial charge on any atom is 0.179 e. The molecular formula is C13H19Cl2NO2. The number of halogens is 2. The summed E-state index contributed by atoms with van der Waals surface area (Å²) in [6, 6.07) is 5.55. The molecule has 0 spiro atoms. The fraction of sp³-hybridized carbons (Fsp3) is 0.538. The maximum atomic E-state index is 6.11. The summed E-state index contributed by atoms with van der Waals surface area (Å²) in [5.41, 5.74) is 0. The molecule has 5 heteroatoms. The summed E-state index contributed by atoms with van der Waals surface area (Å²) < 4.78 is 11.1. The zero-order valence-electron chi connectivity index (χ0n) is 10.4. The van der Waals surface area contributed by atoms with Crippen LogP contribution in [0.2, 0.25) is 5.02 Å². The van der Waals surface area contributed by atoms with E-state index in [1.54, 1.807) is 7.11 Å². The number of para-hydroxylation sites is 1. The molecular weight excluding hydrogens is 273 g/mol. The van der Waals surface area contributed by atoms with Crippen molar-refractivity contribution in [1.82, 2.24) is 5.32 Å². The van der Waals surface area contributed by atoms with E-state index in [4.69, 9.17) is 21.1 Å². The quantitative estimate of drug-likeness (QED) is 0.924. The van der Waals surface area contributed by atoms with E-state index in [-0.39, 0.29) is 12.4 Å². The zero-order chi connectivity index (χ0) is 12.1. The maximum absolute atomic E-state index is 6.11. The fourth-order valence-electron chi connectivity index (χ4n) is 2.04. The Bertz CT molecular complexity index is 368. The number of benzene rings is 1. The average Bonchev–Trinajstić information content (AvgIpc) is 2.38.